The molecule has 3 rings (SSSR count). The Morgan fingerprint density at radius 2 is 1.63 bits per heavy atom. The van der Waals surface area contributed by atoms with Gasteiger partial charge in [0.25, 0.3) is 0 Å². The fourth-order valence-electron chi connectivity index (χ4n) is 4.19. The first-order valence-corrected chi connectivity index (χ1v) is 13.6. The van der Waals surface area contributed by atoms with Crippen molar-refractivity contribution in [2.45, 2.75) is 45.6 Å². The molecule has 2 aromatic carbocycles. The predicted octanol–water partition coefficient (Wildman–Crippen LogP) is 4.65. The number of aliphatic hydroxyl groups is 1. The van der Waals surface area contributed by atoms with Gasteiger partial charge in [0.2, 0.25) is 11.7 Å². The number of methoxy groups -OCH3 is 1. The molecule has 1 saturated heterocycles. The molecule has 1 amide bonds. The number of phenols is 1. The summed E-state index contributed by atoms with van der Waals surface area (Å²) < 4.78 is 16.8. The maximum Gasteiger partial charge on any atom is 0.246 e. The number of nitrogens with zero attached hydrogens (tertiary/aromatic N) is 2. The number of hydrogen-bond donors (Lipinski definition) is 2. The molecule has 0 bridgehead atoms. The summed E-state index contributed by atoms with van der Waals surface area (Å²) in [7, 11) is 1.61. The van der Waals surface area contributed by atoms with E-state index in [0.29, 0.717) is 57.4 Å². The molecule has 38 heavy (non-hydrogen) atoms. The molecule has 2 aromatic rings. The van der Waals surface area contributed by atoms with E-state index >= 15 is 0 Å². The van der Waals surface area contributed by atoms with Crippen LogP contribution in [-0.4, -0.2) is 79.0 Å². The van der Waals surface area contributed by atoms with E-state index in [2.05, 4.69) is 18.7 Å². The number of hydrogen-bond acceptors (Lipinski definition) is 7. The lowest BCUT2D eigenvalue weighted by atomic mass is 10.1. The zero-order chi connectivity index (χ0) is 27.3. The van der Waals surface area contributed by atoms with Crippen molar-refractivity contribution in [2.24, 2.45) is 0 Å². The summed E-state index contributed by atoms with van der Waals surface area (Å²) in [4.78, 5) is 16.9. The number of phenolic OH excluding ortho intramolecular Hbond substituents is 1. The smallest absolute Gasteiger partial charge is 0.246 e. The highest BCUT2D eigenvalue weighted by Gasteiger charge is 2.22. The van der Waals surface area contributed by atoms with Gasteiger partial charge in [-0.15, -0.1) is 0 Å². The third-order valence-electron chi connectivity index (χ3n) is 6.59. The van der Waals surface area contributed by atoms with Gasteiger partial charge in [-0.3, -0.25) is 9.69 Å². The number of piperazine rings is 1. The first kappa shape index (κ1) is 29.3. The van der Waals surface area contributed by atoms with Crippen molar-refractivity contribution in [1.82, 2.24) is 9.80 Å². The van der Waals surface area contributed by atoms with E-state index in [4.69, 9.17) is 14.2 Å². The molecule has 208 valence electrons. The highest BCUT2D eigenvalue weighted by molar-refractivity contribution is 5.92. The number of carbonyl (C=O) groups is 1. The number of benzene rings is 2. The van der Waals surface area contributed by atoms with Crippen LogP contribution in [0.2, 0.25) is 0 Å². The van der Waals surface area contributed by atoms with E-state index in [0.717, 1.165) is 42.6 Å². The van der Waals surface area contributed by atoms with Gasteiger partial charge in [0, 0.05) is 38.8 Å². The Hall–Kier alpha value is -3.23. The second-order valence-electron chi connectivity index (χ2n) is 9.52. The summed E-state index contributed by atoms with van der Waals surface area (Å²) in [6.45, 7) is 8.20. The van der Waals surface area contributed by atoms with Crippen LogP contribution in [0.3, 0.4) is 0 Å². The largest absolute Gasteiger partial charge is 0.502 e. The third kappa shape index (κ3) is 8.67. The summed E-state index contributed by atoms with van der Waals surface area (Å²) in [6.07, 6.45) is 6.41. The average molecular weight is 527 g/mol. The molecular weight excluding hydrogens is 484 g/mol. The fraction of sp³-hybridized carbons (Fsp3) is 0.500. The Bertz CT molecular complexity index is 1020. The number of rotatable bonds is 14. The van der Waals surface area contributed by atoms with Gasteiger partial charge in [0.1, 0.15) is 5.75 Å². The highest BCUT2D eigenvalue weighted by atomic mass is 16.5. The van der Waals surface area contributed by atoms with E-state index in [1.165, 1.54) is 0 Å². The molecule has 0 aliphatic carbocycles. The average Bonchev–Trinajstić information content (AvgIpc) is 2.94. The number of ether oxygens (including phenoxy) is 3. The quantitative estimate of drug-likeness (QED) is 0.274. The van der Waals surface area contributed by atoms with Gasteiger partial charge in [-0.05, 0) is 54.3 Å². The van der Waals surface area contributed by atoms with E-state index in [-0.39, 0.29) is 11.7 Å². The van der Waals surface area contributed by atoms with Crippen LogP contribution in [0.1, 0.15) is 56.8 Å². The van der Waals surface area contributed by atoms with Gasteiger partial charge in [0.05, 0.1) is 26.4 Å². The lowest BCUT2D eigenvalue weighted by Gasteiger charge is -2.35. The van der Waals surface area contributed by atoms with Crippen LogP contribution in [0, 0.1) is 0 Å². The van der Waals surface area contributed by atoms with Crippen molar-refractivity contribution < 1.29 is 29.2 Å². The minimum Gasteiger partial charge on any atom is -0.502 e. The molecule has 8 heteroatoms. The maximum absolute atomic E-state index is 12.9. The predicted molar refractivity (Wildman–Crippen MR) is 149 cm³/mol. The fourth-order valence-corrected chi connectivity index (χ4v) is 4.19. The summed E-state index contributed by atoms with van der Waals surface area (Å²) >= 11 is 0. The first-order chi connectivity index (χ1) is 18.4. The molecular formula is C30H42N2O6. The van der Waals surface area contributed by atoms with Crippen LogP contribution in [0.15, 0.2) is 42.5 Å². The number of β-amino-alcohol motifs (C(OH)–C–C–N with tert-alkyl or cyclic N) is 1. The molecule has 1 unspecified atom stereocenters. The Balaban J connectivity index is 1.58. The molecule has 0 spiro atoms. The second-order valence-corrected chi connectivity index (χ2v) is 9.52. The zero-order valence-electron chi connectivity index (χ0n) is 22.9. The molecule has 0 aromatic heterocycles. The first-order valence-electron chi connectivity index (χ1n) is 13.6. The normalized spacial score (nSPS) is 15.0. The monoisotopic (exact) mass is 526 g/mol. The topological polar surface area (TPSA) is 91.7 Å². The molecule has 2 N–H and O–H groups in total. The van der Waals surface area contributed by atoms with Crippen LogP contribution in [-0.2, 0) is 4.79 Å². The summed E-state index contributed by atoms with van der Waals surface area (Å²) in [5, 5.41) is 21.3. The number of unbranched alkanes of at least 4 members (excludes halogenated alkanes) is 2. The van der Waals surface area contributed by atoms with Crippen LogP contribution < -0.4 is 14.2 Å². The van der Waals surface area contributed by atoms with Crippen LogP contribution in [0.25, 0.3) is 6.08 Å². The van der Waals surface area contributed by atoms with Gasteiger partial charge in [-0.1, -0.05) is 38.8 Å². The summed E-state index contributed by atoms with van der Waals surface area (Å²) in [5.41, 5.74) is 1.55. The SMILES string of the molecule is CCCCOc1cc(C=CC(=O)N2CCN(CC(O)c3cccc(OC)c3)CC2)cc(OCCCC)c1O. The second kappa shape index (κ2) is 15.2. The van der Waals surface area contributed by atoms with Crippen LogP contribution in [0.4, 0.5) is 0 Å². The Morgan fingerprint density at radius 3 is 2.21 bits per heavy atom. The molecule has 8 nitrogen and oxygen atoms in total. The lowest BCUT2D eigenvalue weighted by Crippen LogP contribution is -2.49. The van der Waals surface area contributed by atoms with Crippen molar-refractivity contribution in [3.8, 4) is 23.0 Å². The number of amides is 1. The van der Waals surface area contributed by atoms with Gasteiger partial charge in [-0.2, -0.15) is 0 Å². The van der Waals surface area contributed by atoms with E-state index in [1.54, 1.807) is 31.4 Å². The number of carbonyl (C=O) groups excluding carboxylic acids is 1. The van der Waals surface area contributed by atoms with Crippen molar-refractivity contribution in [2.75, 3.05) is 53.0 Å². The van der Waals surface area contributed by atoms with Crippen LogP contribution >= 0.6 is 0 Å². The standard InChI is InChI=1S/C30H42N2O6/c1-4-6-17-37-27-19-23(20-28(30(27)35)38-18-7-5-2)11-12-29(34)32-15-13-31(14-16-32)22-26(33)24-9-8-10-25(21-24)36-3/h8-12,19-21,26,33,35H,4-7,13-18,22H2,1-3H3. The minimum atomic E-state index is -0.621. The van der Waals surface area contributed by atoms with Gasteiger partial charge < -0.3 is 29.3 Å². The molecule has 1 heterocycles. The maximum atomic E-state index is 12.9. The summed E-state index contributed by atoms with van der Waals surface area (Å²) in [6, 6.07) is 10.9. The lowest BCUT2D eigenvalue weighted by molar-refractivity contribution is -0.127. The van der Waals surface area contributed by atoms with E-state index < -0.39 is 6.10 Å². The molecule has 1 aliphatic rings. The molecule has 0 radical (unpaired) electrons. The molecule has 1 fully saturated rings. The Morgan fingerprint density at radius 1 is 1.00 bits per heavy atom. The zero-order valence-corrected chi connectivity index (χ0v) is 22.9. The Labute approximate surface area is 226 Å². The third-order valence-corrected chi connectivity index (χ3v) is 6.59. The van der Waals surface area contributed by atoms with Crippen LogP contribution in [0.5, 0.6) is 23.0 Å². The van der Waals surface area contributed by atoms with Gasteiger partial charge in [0.15, 0.2) is 11.5 Å². The highest BCUT2D eigenvalue weighted by Crippen LogP contribution is 2.38. The summed E-state index contributed by atoms with van der Waals surface area (Å²) in [5.74, 6) is 1.36. The minimum absolute atomic E-state index is 0.00654. The molecule has 1 atom stereocenters. The van der Waals surface area contributed by atoms with Gasteiger partial charge in [-0.25, -0.2) is 0 Å². The van der Waals surface area contributed by atoms with Gasteiger partial charge >= 0.3 is 0 Å². The van der Waals surface area contributed by atoms with Crippen molar-refractivity contribution in [3.05, 3.63) is 53.6 Å². The van der Waals surface area contributed by atoms with E-state index in [9.17, 15) is 15.0 Å². The van der Waals surface area contributed by atoms with Crippen molar-refractivity contribution >= 4 is 12.0 Å². The number of aromatic hydroxyl groups is 1. The van der Waals surface area contributed by atoms with Crippen molar-refractivity contribution in [1.29, 1.82) is 0 Å². The Kier molecular flexibility index (Phi) is 11.8. The van der Waals surface area contributed by atoms with Crippen molar-refractivity contribution in [3.63, 3.8) is 0 Å². The molecule has 0 saturated carbocycles. The van der Waals surface area contributed by atoms with E-state index in [1.807, 2.05) is 29.2 Å². The molecule has 1 aliphatic heterocycles. The number of aliphatic hydroxyl groups excluding tert-OH is 1.